The number of hydrogen-bond donors (Lipinski definition) is 1. The van der Waals surface area contributed by atoms with E-state index in [-0.39, 0.29) is 17.9 Å². The van der Waals surface area contributed by atoms with Gasteiger partial charge < -0.3 is 10.1 Å². The van der Waals surface area contributed by atoms with E-state index in [0.29, 0.717) is 36.6 Å². The average molecular weight is 400 g/mol. The van der Waals surface area contributed by atoms with Crippen LogP contribution in [0.2, 0.25) is 0 Å². The number of benzene rings is 1. The average Bonchev–Trinajstić information content (AvgIpc) is 3.28. The summed E-state index contributed by atoms with van der Waals surface area (Å²) in [4.78, 5) is 18.5. The first kappa shape index (κ1) is 18.6. The van der Waals surface area contributed by atoms with Crippen LogP contribution in [-0.2, 0) is 19.5 Å². The Bertz CT molecular complexity index is 1090. The molecular formula is C20H21FN4O2S. The van der Waals surface area contributed by atoms with Gasteiger partial charge in [-0.05, 0) is 44.4 Å². The van der Waals surface area contributed by atoms with Crippen molar-refractivity contribution >= 4 is 17.5 Å². The number of rotatable bonds is 5. The summed E-state index contributed by atoms with van der Waals surface area (Å²) >= 11 is 1.38. The van der Waals surface area contributed by atoms with Crippen LogP contribution in [0, 0.1) is 19.7 Å². The summed E-state index contributed by atoms with van der Waals surface area (Å²) in [6, 6.07) is 3.08. The van der Waals surface area contributed by atoms with Crippen LogP contribution < -0.4 is 15.6 Å². The molecule has 0 spiro atoms. The Balaban J connectivity index is 1.68. The van der Waals surface area contributed by atoms with Crippen molar-refractivity contribution in [1.82, 2.24) is 13.9 Å². The fourth-order valence-corrected chi connectivity index (χ4v) is 4.35. The van der Waals surface area contributed by atoms with Gasteiger partial charge in [-0.2, -0.15) is 4.37 Å². The summed E-state index contributed by atoms with van der Waals surface area (Å²) in [5, 5.41) is 3.14. The zero-order valence-corrected chi connectivity index (χ0v) is 16.8. The number of fused-ring (bicyclic) bond motifs is 1. The fourth-order valence-electron chi connectivity index (χ4n) is 3.64. The lowest BCUT2D eigenvalue weighted by atomic mass is 10.0. The molecule has 1 aliphatic heterocycles. The second-order valence-electron chi connectivity index (χ2n) is 6.70. The lowest BCUT2D eigenvalue weighted by Gasteiger charge is -2.15. The molecule has 0 saturated carbocycles. The number of aryl methyl sites for hydroxylation is 2. The van der Waals surface area contributed by atoms with Crippen molar-refractivity contribution in [3.8, 4) is 16.9 Å². The zero-order chi connectivity index (χ0) is 19.8. The van der Waals surface area contributed by atoms with Crippen LogP contribution in [0.4, 0.5) is 10.3 Å². The number of nitrogens with zero attached hydrogens (tertiary/aromatic N) is 3. The maximum absolute atomic E-state index is 14.4. The molecular weight excluding hydrogens is 379 g/mol. The number of anilines is 1. The first-order valence-corrected chi connectivity index (χ1v) is 9.98. The molecule has 0 amide bonds. The third kappa shape index (κ3) is 3.07. The van der Waals surface area contributed by atoms with Gasteiger partial charge >= 0.3 is 0 Å². The summed E-state index contributed by atoms with van der Waals surface area (Å²) in [5.74, 6) is 0.866. The van der Waals surface area contributed by atoms with Gasteiger partial charge in [-0.3, -0.25) is 9.36 Å². The molecule has 146 valence electrons. The van der Waals surface area contributed by atoms with Gasteiger partial charge in [0.25, 0.3) is 5.56 Å². The summed E-state index contributed by atoms with van der Waals surface area (Å²) in [5.41, 5.74) is 3.52. The Morgan fingerprint density at radius 3 is 2.89 bits per heavy atom. The molecule has 8 heteroatoms. The molecule has 1 aromatic carbocycles. The molecule has 3 aromatic rings. The number of aromatic nitrogens is 3. The van der Waals surface area contributed by atoms with Crippen molar-refractivity contribution in [2.75, 3.05) is 11.9 Å². The highest BCUT2D eigenvalue weighted by Gasteiger charge is 2.21. The smallest absolute Gasteiger partial charge is 0.262 e. The highest BCUT2D eigenvalue weighted by atomic mass is 32.1. The van der Waals surface area contributed by atoms with Crippen LogP contribution in [-0.4, -0.2) is 20.5 Å². The fraction of sp³-hybridized carbons (Fsp3) is 0.350. The highest BCUT2D eigenvalue weighted by molar-refractivity contribution is 7.06. The summed E-state index contributed by atoms with van der Waals surface area (Å²) < 4.78 is 25.8. The molecule has 4 rings (SSSR count). The van der Waals surface area contributed by atoms with Crippen LogP contribution >= 0.6 is 11.5 Å². The maximum Gasteiger partial charge on any atom is 0.262 e. The van der Waals surface area contributed by atoms with E-state index >= 15 is 0 Å². The third-order valence-electron chi connectivity index (χ3n) is 5.03. The van der Waals surface area contributed by atoms with Crippen molar-refractivity contribution in [1.29, 1.82) is 0 Å². The van der Waals surface area contributed by atoms with Crippen molar-refractivity contribution < 1.29 is 9.13 Å². The number of hydrogen-bond acceptors (Lipinski definition) is 6. The van der Waals surface area contributed by atoms with Crippen molar-refractivity contribution in [2.45, 2.75) is 40.3 Å². The third-order valence-corrected chi connectivity index (χ3v) is 5.87. The Labute approximate surface area is 166 Å². The van der Waals surface area contributed by atoms with Crippen molar-refractivity contribution in [3.63, 3.8) is 0 Å². The molecule has 28 heavy (non-hydrogen) atoms. The minimum Gasteiger partial charge on any atom is -0.493 e. The molecule has 0 atom stereocenters. The molecule has 0 radical (unpaired) electrons. The maximum atomic E-state index is 14.4. The van der Waals surface area contributed by atoms with Gasteiger partial charge in [-0.15, -0.1) is 0 Å². The largest absolute Gasteiger partial charge is 0.493 e. The SMILES string of the molecule is CCn1c(NCc2c(F)ccc3c2CCO3)ncc(-c2c(C)nsc2C)c1=O. The molecule has 0 aliphatic carbocycles. The van der Waals surface area contributed by atoms with E-state index < -0.39 is 0 Å². The monoisotopic (exact) mass is 400 g/mol. The van der Waals surface area contributed by atoms with Crippen LogP contribution in [0.1, 0.15) is 28.6 Å². The lowest BCUT2D eigenvalue weighted by molar-refractivity contribution is 0.356. The predicted octanol–water partition coefficient (Wildman–Crippen LogP) is 3.69. The van der Waals surface area contributed by atoms with E-state index in [1.807, 2.05) is 20.8 Å². The van der Waals surface area contributed by atoms with E-state index in [4.69, 9.17) is 4.74 Å². The minimum absolute atomic E-state index is 0.131. The topological polar surface area (TPSA) is 69.0 Å². The van der Waals surface area contributed by atoms with E-state index in [1.165, 1.54) is 17.6 Å². The normalized spacial score (nSPS) is 12.7. The van der Waals surface area contributed by atoms with E-state index in [2.05, 4.69) is 14.7 Å². The van der Waals surface area contributed by atoms with Crippen molar-refractivity contribution in [2.24, 2.45) is 0 Å². The van der Waals surface area contributed by atoms with Crippen LogP contribution in [0.25, 0.3) is 11.1 Å². The van der Waals surface area contributed by atoms with Gasteiger partial charge in [-0.25, -0.2) is 9.37 Å². The molecule has 3 heterocycles. The molecule has 0 saturated heterocycles. The summed E-state index contributed by atoms with van der Waals surface area (Å²) in [7, 11) is 0. The van der Waals surface area contributed by atoms with Gasteiger partial charge in [-0.1, -0.05) is 0 Å². The van der Waals surface area contributed by atoms with Gasteiger partial charge in [0.2, 0.25) is 5.95 Å². The Hall–Kier alpha value is -2.74. The van der Waals surface area contributed by atoms with Gasteiger partial charge in [0.1, 0.15) is 11.6 Å². The molecule has 2 aromatic heterocycles. The second kappa shape index (κ2) is 7.35. The standard InChI is InChI=1S/C20H21FN4O2S/c1-4-25-19(26)15(18-11(2)24-28-12(18)3)10-23-20(25)22-9-14-13-7-8-27-17(13)6-5-16(14)21/h5-6,10H,4,7-9H2,1-3H3,(H,22,23). The van der Waals surface area contributed by atoms with Gasteiger partial charge in [0.15, 0.2) is 0 Å². The second-order valence-corrected chi connectivity index (χ2v) is 7.68. The molecule has 6 nitrogen and oxygen atoms in total. The van der Waals surface area contributed by atoms with E-state index in [1.54, 1.807) is 16.8 Å². The summed E-state index contributed by atoms with van der Waals surface area (Å²) in [6.45, 7) is 6.98. The molecule has 0 bridgehead atoms. The number of halogens is 1. The van der Waals surface area contributed by atoms with E-state index in [9.17, 15) is 9.18 Å². The molecule has 0 fully saturated rings. The minimum atomic E-state index is -0.283. The first-order chi connectivity index (χ1) is 13.5. The first-order valence-electron chi connectivity index (χ1n) is 9.21. The van der Waals surface area contributed by atoms with Crippen LogP contribution in [0.3, 0.4) is 0 Å². The number of nitrogens with one attached hydrogen (secondary N) is 1. The van der Waals surface area contributed by atoms with Crippen LogP contribution in [0.5, 0.6) is 5.75 Å². The Morgan fingerprint density at radius 2 is 2.18 bits per heavy atom. The van der Waals surface area contributed by atoms with Crippen LogP contribution in [0.15, 0.2) is 23.1 Å². The lowest BCUT2D eigenvalue weighted by Crippen LogP contribution is -2.25. The Morgan fingerprint density at radius 1 is 1.36 bits per heavy atom. The quantitative estimate of drug-likeness (QED) is 0.707. The number of ether oxygens (including phenoxy) is 1. The van der Waals surface area contributed by atoms with Crippen molar-refractivity contribution in [3.05, 3.63) is 56.2 Å². The molecule has 1 N–H and O–H groups in total. The zero-order valence-electron chi connectivity index (χ0n) is 16.0. The predicted molar refractivity (Wildman–Crippen MR) is 108 cm³/mol. The van der Waals surface area contributed by atoms with Gasteiger partial charge in [0.05, 0.1) is 17.9 Å². The molecule has 1 aliphatic rings. The Kier molecular flexibility index (Phi) is 4.89. The summed E-state index contributed by atoms with van der Waals surface area (Å²) in [6.07, 6.45) is 2.26. The van der Waals surface area contributed by atoms with Gasteiger partial charge in [0, 0.05) is 47.3 Å². The molecule has 0 unspecified atom stereocenters. The van der Waals surface area contributed by atoms with E-state index in [0.717, 1.165) is 27.4 Å². The highest BCUT2D eigenvalue weighted by Crippen LogP contribution is 2.31.